The molecular weight excluding hydrogens is 232 g/mol. The molecule has 0 aromatic carbocycles. The van der Waals surface area contributed by atoms with E-state index >= 15 is 0 Å². The van der Waals surface area contributed by atoms with Crippen molar-refractivity contribution in [3.63, 3.8) is 0 Å². The Kier molecular flexibility index (Phi) is 4.59. The summed E-state index contributed by atoms with van der Waals surface area (Å²) in [6.07, 6.45) is 2.21. The number of carbonyl (C=O) groups excluding carboxylic acids is 1. The molecule has 0 aromatic heterocycles. The molecule has 1 amide bonds. The highest BCUT2D eigenvalue weighted by Crippen LogP contribution is 2.28. The molecule has 2 unspecified atom stereocenters. The number of likely N-dealkylation sites (tertiary alicyclic amines) is 1. The third kappa shape index (κ3) is 3.89. The first-order valence-corrected chi connectivity index (χ1v) is 6.43. The zero-order valence-corrected chi connectivity index (χ0v) is 11.9. The van der Waals surface area contributed by atoms with Crippen LogP contribution in [0.4, 0.5) is 4.79 Å². The molecule has 1 fully saturated rings. The van der Waals surface area contributed by atoms with Crippen molar-refractivity contribution in [2.24, 2.45) is 5.16 Å². The lowest BCUT2D eigenvalue weighted by atomic mass is 10.1. The van der Waals surface area contributed by atoms with Gasteiger partial charge in [-0.1, -0.05) is 5.16 Å². The lowest BCUT2D eigenvalue weighted by molar-refractivity contribution is 0.0166. The van der Waals surface area contributed by atoms with Crippen LogP contribution in [0.1, 0.15) is 53.9 Å². The average molecular weight is 256 g/mol. The van der Waals surface area contributed by atoms with Crippen molar-refractivity contribution in [2.45, 2.75) is 71.6 Å². The summed E-state index contributed by atoms with van der Waals surface area (Å²) in [5.41, 5.74) is 0.159. The Morgan fingerprint density at radius 1 is 1.44 bits per heavy atom. The molecule has 0 aliphatic carbocycles. The summed E-state index contributed by atoms with van der Waals surface area (Å²) in [5, 5.41) is 11.9. The maximum atomic E-state index is 12.2. The molecule has 0 spiro atoms. The van der Waals surface area contributed by atoms with Gasteiger partial charge in [0.2, 0.25) is 0 Å². The lowest BCUT2D eigenvalue weighted by Crippen LogP contribution is -2.43. The van der Waals surface area contributed by atoms with Crippen LogP contribution in [-0.4, -0.2) is 39.6 Å². The van der Waals surface area contributed by atoms with Gasteiger partial charge in [0.25, 0.3) is 0 Å². The van der Waals surface area contributed by atoms with Crippen molar-refractivity contribution >= 4 is 11.8 Å². The topological polar surface area (TPSA) is 62.1 Å². The Hall–Kier alpha value is -1.26. The highest BCUT2D eigenvalue weighted by atomic mass is 16.6. The van der Waals surface area contributed by atoms with Crippen molar-refractivity contribution in [3.05, 3.63) is 0 Å². The molecular formula is C13H24N2O3. The smallest absolute Gasteiger partial charge is 0.410 e. The molecule has 5 heteroatoms. The Morgan fingerprint density at radius 2 is 2.06 bits per heavy atom. The average Bonchev–Trinajstić information content (AvgIpc) is 2.57. The Morgan fingerprint density at radius 3 is 2.56 bits per heavy atom. The normalized spacial score (nSPS) is 25.4. The van der Waals surface area contributed by atoms with Gasteiger partial charge in [-0.05, 0) is 47.5 Å². The number of rotatable bonds is 2. The second-order valence-corrected chi connectivity index (χ2v) is 6.01. The number of oxime groups is 1. The van der Waals surface area contributed by atoms with Crippen LogP contribution >= 0.6 is 0 Å². The molecule has 5 nitrogen and oxygen atoms in total. The monoisotopic (exact) mass is 256 g/mol. The van der Waals surface area contributed by atoms with Gasteiger partial charge in [0, 0.05) is 18.5 Å². The maximum Gasteiger partial charge on any atom is 0.410 e. The fourth-order valence-electron chi connectivity index (χ4n) is 2.30. The summed E-state index contributed by atoms with van der Waals surface area (Å²) in [5.74, 6) is 0. The number of amides is 1. The van der Waals surface area contributed by atoms with Crippen LogP contribution in [0.2, 0.25) is 0 Å². The van der Waals surface area contributed by atoms with Gasteiger partial charge < -0.3 is 14.8 Å². The number of hydrogen-bond donors (Lipinski definition) is 1. The van der Waals surface area contributed by atoms with E-state index in [0.29, 0.717) is 12.1 Å². The predicted octanol–water partition coefficient (Wildman–Crippen LogP) is 3.01. The number of carbonyl (C=O) groups is 1. The van der Waals surface area contributed by atoms with Crippen molar-refractivity contribution in [2.75, 3.05) is 0 Å². The molecule has 18 heavy (non-hydrogen) atoms. The van der Waals surface area contributed by atoms with Gasteiger partial charge in [-0.3, -0.25) is 0 Å². The van der Waals surface area contributed by atoms with Crippen LogP contribution < -0.4 is 0 Å². The SMILES string of the molecule is C/C(CC1CCC(C)N1C(=O)OC(C)(C)C)=N/O. The van der Waals surface area contributed by atoms with Crippen LogP contribution in [0.25, 0.3) is 0 Å². The summed E-state index contributed by atoms with van der Waals surface area (Å²) in [6, 6.07) is 0.252. The highest BCUT2D eigenvalue weighted by Gasteiger charge is 2.37. The molecule has 0 radical (unpaired) electrons. The highest BCUT2D eigenvalue weighted by molar-refractivity contribution is 5.82. The molecule has 1 heterocycles. The van der Waals surface area contributed by atoms with Crippen LogP contribution in [0.3, 0.4) is 0 Å². The summed E-state index contributed by atoms with van der Waals surface area (Å²) in [6.45, 7) is 9.37. The van der Waals surface area contributed by atoms with E-state index in [0.717, 1.165) is 12.8 Å². The summed E-state index contributed by atoms with van der Waals surface area (Å²) >= 11 is 0. The Bertz CT molecular complexity index is 334. The predicted molar refractivity (Wildman–Crippen MR) is 70.1 cm³/mol. The quantitative estimate of drug-likeness (QED) is 0.469. The van der Waals surface area contributed by atoms with Crippen molar-refractivity contribution in [1.29, 1.82) is 0 Å². The van der Waals surface area contributed by atoms with E-state index in [1.165, 1.54) is 0 Å². The first-order valence-electron chi connectivity index (χ1n) is 6.43. The van der Waals surface area contributed by atoms with Gasteiger partial charge in [0.1, 0.15) is 5.60 Å². The second-order valence-electron chi connectivity index (χ2n) is 6.01. The lowest BCUT2D eigenvalue weighted by Gasteiger charge is -2.31. The largest absolute Gasteiger partial charge is 0.444 e. The Labute approximate surface area is 109 Å². The van der Waals surface area contributed by atoms with Gasteiger partial charge in [0.05, 0.1) is 5.71 Å². The van der Waals surface area contributed by atoms with E-state index in [1.807, 2.05) is 27.7 Å². The number of ether oxygens (including phenoxy) is 1. The second kappa shape index (κ2) is 5.59. The number of hydrogen-bond acceptors (Lipinski definition) is 4. The third-order valence-corrected chi connectivity index (χ3v) is 3.09. The van der Waals surface area contributed by atoms with E-state index in [1.54, 1.807) is 11.8 Å². The van der Waals surface area contributed by atoms with Crippen molar-refractivity contribution in [1.82, 2.24) is 4.90 Å². The minimum Gasteiger partial charge on any atom is -0.444 e. The minimum absolute atomic E-state index is 0.0748. The van der Waals surface area contributed by atoms with Crippen LogP contribution in [0, 0.1) is 0 Å². The van der Waals surface area contributed by atoms with Crippen LogP contribution in [-0.2, 0) is 4.74 Å². The molecule has 0 aromatic rings. The summed E-state index contributed by atoms with van der Waals surface area (Å²) in [4.78, 5) is 13.9. The van der Waals surface area contributed by atoms with Gasteiger partial charge in [-0.15, -0.1) is 0 Å². The van der Waals surface area contributed by atoms with Crippen molar-refractivity contribution < 1.29 is 14.7 Å². The molecule has 0 bridgehead atoms. The Balaban J connectivity index is 2.73. The molecule has 2 atom stereocenters. The van der Waals surface area contributed by atoms with E-state index in [4.69, 9.17) is 9.94 Å². The molecule has 0 saturated carbocycles. The molecule has 1 N–H and O–H groups in total. The third-order valence-electron chi connectivity index (χ3n) is 3.09. The molecule has 1 aliphatic heterocycles. The van der Waals surface area contributed by atoms with Crippen LogP contribution in [0.5, 0.6) is 0 Å². The van der Waals surface area contributed by atoms with Gasteiger partial charge in [-0.25, -0.2) is 4.79 Å². The maximum absolute atomic E-state index is 12.2. The van der Waals surface area contributed by atoms with Crippen LogP contribution in [0.15, 0.2) is 5.16 Å². The summed E-state index contributed by atoms with van der Waals surface area (Å²) < 4.78 is 5.42. The van der Waals surface area contributed by atoms with Gasteiger partial charge in [-0.2, -0.15) is 0 Å². The van der Waals surface area contributed by atoms with Gasteiger partial charge in [0.15, 0.2) is 0 Å². The fraction of sp³-hybridized carbons (Fsp3) is 0.846. The van der Waals surface area contributed by atoms with E-state index in [2.05, 4.69) is 5.16 Å². The fourth-order valence-corrected chi connectivity index (χ4v) is 2.30. The zero-order valence-electron chi connectivity index (χ0n) is 11.9. The van der Waals surface area contributed by atoms with Gasteiger partial charge >= 0.3 is 6.09 Å². The van der Waals surface area contributed by atoms with Crippen molar-refractivity contribution in [3.8, 4) is 0 Å². The molecule has 104 valence electrons. The zero-order chi connectivity index (χ0) is 13.9. The minimum atomic E-state index is -0.482. The first kappa shape index (κ1) is 14.8. The van der Waals surface area contributed by atoms with E-state index in [-0.39, 0.29) is 18.2 Å². The molecule has 1 rings (SSSR count). The van der Waals surface area contributed by atoms with E-state index < -0.39 is 5.60 Å². The molecule has 1 aliphatic rings. The standard InChI is InChI=1S/C13H24N2O3/c1-9(14-17)8-11-7-6-10(2)15(11)12(16)18-13(3,4)5/h10-11,17H,6-8H2,1-5H3/b14-9-. The summed E-state index contributed by atoms with van der Waals surface area (Å²) in [7, 11) is 0. The van der Waals surface area contributed by atoms with E-state index in [9.17, 15) is 4.79 Å². The first-order chi connectivity index (χ1) is 8.24. The number of nitrogens with zero attached hydrogens (tertiary/aromatic N) is 2. The molecule has 1 saturated heterocycles.